The van der Waals surface area contributed by atoms with Crippen LogP contribution < -0.4 is 0 Å². The highest BCUT2D eigenvalue weighted by Crippen LogP contribution is 1.97. The average molecular weight is 171 g/mol. The van der Waals surface area contributed by atoms with Gasteiger partial charge < -0.3 is 9.59 Å². The Morgan fingerprint density at radius 2 is 1.25 bits per heavy atom. The second-order valence-corrected chi connectivity index (χ2v) is 1.57. The molecule has 0 saturated heterocycles. The molecule has 0 spiro atoms. The Balaban J connectivity index is 0. The highest BCUT2D eigenvalue weighted by atomic mass is 16.2. The van der Waals surface area contributed by atoms with Gasteiger partial charge in [0.25, 0.3) is 11.8 Å². The van der Waals surface area contributed by atoms with Crippen LogP contribution in [0.5, 0.6) is 0 Å². The van der Waals surface area contributed by atoms with Crippen LogP contribution in [-0.4, -0.2) is 37.3 Å². The van der Waals surface area contributed by atoms with Crippen molar-refractivity contribution in [1.29, 1.82) is 0 Å². The number of rotatable bonds is 0. The molecule has 66 valence electrons. The van der Waals surface area contributed by atoms with Crippen LogP contribution in [0.1, 0.15) is 0 Å². The van der Waals surface area contributed by atoms with Crippen molar-refractivity contribution in [2.75, 3.05) is 7.05 Å². The lowest BCUT2D eigenvalue weighted by Crippen LogP contribution is -2.24. The Bertz CT molecular complexity index is 180. The molecular weight excluding hydrogens is 162 g/mol. The standard InChI is InChI=1S/C5H5NO2.2CH2O/c1-6-4(7)2-3-5(6)8;2*1-2/h2-3H,1H3;2*1H2. The fourth-order valence-corrected chi connectivity index (χ4v) is 0.475. The Labute approximate surface area is 69.7 Å². The molecule has 0 aromatic heterocycles. The van der Waals surface area contributed by atoms with Crippen molar-refractivity contribution in [3.8, 4) is 0 Å². The van der Waals surface area contributed by atoms with Gasteiger partial charge in [-0.25, -0.2) is 0 Å². The predicted molar refractivity (Wildman–Crippen MR) is 41.2 cm³/mol. The van der Waals surface area contributed by atoms with Crippen molar-refractivity contribution in [2.24, 2.45) is 0 Å². The largest absolute Gasteiger partial charge is 0.307 e. The maximum atomic E-state index is 10.4. The van der Waals surface area contributed by atoms with E-state index in [0.717, 1.165) is 4.90 Å². The summed E-state index contributed by atoms with van der Waals surface area (Å²) in [6.45, 7) is 4.00. The van der Waals surface area contributed by atoms with Crippen LogP contribution in [0.2, 0.25) is 0 Å². The summed E-state index contributed by atoms with van der Waals surface area (Å²) in [7, 11) is 1.45. The van der Waals surface area contributed by atoms with E-state index in [-0.39, 0.29) is 11.8 Å². The van der Waals surface area contributed by atoms with Crippen LogP contribution in [0.3, 0.4) is 0 Å². The number of hydrogen-bond donors (Lipinski definition) is 0. The number of imide groups is 1. The van der Waals surface area contributed by atoms with Crippen molar-refractivity contribution < 1.29 is 19.2 Å². The van der Waals surface area contributed by atoms with Gasteiger partial charge in [0.15, 0.2) is 0 Å². The summed E-state index contributed by atoms with van der Waals surface area (Å²) in [4.78, 5) is 37.9. The third-order valence-electron chi connectivity index (χ3n) is 1.03. The van der Waals surface area contributed by atoms with E-state index >= 15 is 0 Å². The molecule has 1 rings (SSSR count). The Morgan fingerprint density at radius 1 is 1.00 bits per heavy atom. The Kier molecular flexibility index (Phi) is 7.85. The minimum absolute atomic E-state index is 0.241. The van der Waals surface area contributed by atoms with Gasteiger partial charge in [0.05, 0.1) is 0 Å². The van der Waals surface area contributed by atoms with E-state index in [4.69, 9.17) is 9.59 Å². The molecule has 1 heterocycles. The lowest BCUT2D eigenvalue weighted by molar-refractivity contribution is -0.135. The average Bonchev–Trinajstić information content (AvgIpc) is 2.43. The Morgan fingerprint density at radius 3 is 1.33 bits per heavy atom. The van der Waals surface area contributed by atoms with Crippen molar-refractivity contribution in [1.82, 2.24) is 4.90 Å². The zero-order valence-corrected chi connectivity index (χ0v) is 6.65. The number of carbonyl (C=O) groups excluding carboxylic acids is 4. The number of likely N-dealkylation sites (N-methyl/N-ethyl adjacent to an activating group) is 1. The summed E-state index contributed by atoms with van der Waals surface area (Å²) in [5.41, 5.74) is 0. The molecule has 0 aromatic carbocycles. The third kappa shape index (κ3) is 3.40. The summed E-state index contributed by atoms with van der Waals surface area (Å²) < 4.78 is 0. The fraction of sp³-hybridized carbons (Fsp3) is 0.143. The van der Waals surface area contributed by atoms with E-state index < -0.39 is 0 Å². The molecule has 0 unspecified atom stereocenters. The number of carbonyl (C=O) groups is 4. The molecule has 0 N–H and O–H groups in total. The smallest absolute Gasteiger partial charge is 0.253 e. The van der Waals surface area contributed by atoms with Gasteiger partial charge in [-0.3, -0.25) is 14.5 Å². The highest BCUT2D eigenvalue weighted by molar-refractivity contribution is 6.12. The topological polar surface area (TPSA) is 71.5 Å². The number of nitrogens with zero attached hydrogens (tertiary/aromatic N) is 1. The highest BCUT2D eigenvalue weighted by Gasteiger charge is 2.17. The minimum atomic E-state index is -0.241. The van der Waals surface area contributed by atoms with Crippen LogP contribution >= 0.6 is 0 Å². The van der Waals surface area contributed by atoms with E-state index in [9.17, 15) is 9.59 Å². The molecule has 12 heavy (non-hydrogen) atoms. The first-order valence-corrected chi connectivity index (χ1v) is 2.79. The first-order chi connectivity index (χ1) is 5.72. The van der Waals surface area contributed by atoms with E-state index in [1.807, 2.05) is 13.6 Å². The normalized spacial score (nSPS) is 12.9. The molecule has 0 atom stereocenters. The van der Waals surface area contributed by atoms with Gasteiger partial charge in [0, 0.05) is 19.2 Å². The van der Waals surface area contributed by atoms with E-state index in [1.54, 1.807) is 0 Å². The lowest BCUT2D eigenvalue weighted by atomic mass is 10.6. The summed E-state index contributed by atoms with van der Waals surface area (Å²) in [5.74, 6) is -0.481. The van der Waals surface area contributed by atoms with Gasteiger partial charge in [-0.1, -0.05) is 0 Å². The van der Waals surface area contributed by atoms with Gasteiger partial charge >= 0.3 is 0 Å². The van der Waals surface area contributed by atoms with E-state index in [1.165, 1.54) is 19.2 Å². The zero-order chi connectivity index (χ0) is 10.1. The zero-order valence-electron chi connectivity index (χ0n) is 6.65. The minimum Gasteiger partial charge on any atom is -0.307 e. The quantitative estimate of drug-likeness (QED) is 0.446. The van der Waals surface area contributed by atoms with Crippen LogP contribution in [0.15, 0.2) is 12.2 Å². The SMILES string of the molecule is C=O.C=O.CN1C(=O)C=CC1=O. The fourth-order valence-electron chi connectivity index (χ4n) is 0.475. The first-order valence-electron chi connectivity index (χ1n) is 2.79. The molecule has 5 nitrogen and oxygen atoms in total. The van der Waals surface area contributed by atoms with Crippen molar-refractivity contribution >= 4 is 25.4 Å². The monoisotopic (exact) mass is 171 g/mol. The number of amides is 2. The molecule has 0 saturated carbocycles. The second-order valence-electron chi connectivity index (χ2n) is 1.57. The molecule has 0 aromatic rings. The second kappa shape index (κ2) is 7.33. The van der Waals surface area contributed by atoms with Crippen LogP contribution in [0.25, 0.3) is 0 Å². The van der Waals surface area contributed by atoms with E-state index in [2.05, 4.69) is 0 Å². The summed E-state index contributed by atoms with van der Waals surface area (Å²) in [6.07, 6.45) is 2.50. The maximum absolute atomic E-state index is 10.4. The molecule has 0 bridgehead atoms. The molecule has 0 aliphatic carbocycles. The van der Waals surface area contributed by atoms with Gasteiger partial charge in [-0.2, -0.15) is 0 Å². The summed E-state index contributed by atoms with van der Waals surface area (Å²) in [5, 5.41) is 0. The van der Waals surface area contributed by atoms with Crippen molar-refractivity contribution in [3.05, 3.63) is 12.2 Å². The van der Waals surface area contributed by atoms with Crippen molar-refractivity contribution in [2.45, 2.75) is 0 Å². The Hall–Kier alpha value is -1.78. The summed E-state index contributed by atoms with van der Waals surface area (Å²) in [6, 6.07) is 0. The third-order valence-corrected chi connectivity index (χ3v) is 1.03. The molecule has 0 radical (unpaired) electrons. The maximum Gasteiger partial charge on any atom is 0.253 e. The molecular formula is C7H9NO4. The van der Waals surface area contributed by atoms with Crippen LogP contribution in [0.4, 0.5) is 0 Å². The van der Waals surface area contributed by atoms with Gasteiger partial charge in [0.1, 0.15) is 13.6 Å². The van der Waals surface area contributed by atoms with Gasteiger partial charge in [-0.05, 0) is 0 Å². The molecule has 1 aliphatic heterocycles. The molecule has 1 aliphatic rings. The van der Waals surface area contributed by atoms with Gasteiger partial charge in [-0.15, -0.1) is 0 Å². The predicted octanol–water partition coefficient (Wildman–Crippen LogP) is -0.829. The number of hydrogen-bond acceptors (Lipinski definition) is 4. The first kappa shape index (κ1) is 12.9. The lowest BCUT2D eigenvalue weighted by Gasteiger charge is -2.01. The van der Waals surface area contributed by atoms with Crippen LogP contribution in [-0.2, 0) is 19.2 Å². The van der Waals surface area contributed by atoms with Gasteiger partial charge in [0.2, 0.25) is 0 Å². The molecule has 5 heteroatoms. The summed E-state index contributed by atoms with van der Waals surface area (Å²) >= 11 is 0. The molecule has 2 amide bonds. The van der Waals surface area contributed by atoms with Crippen LogP contribution in [0, 0.1) is 0 Å². The van der Waals surface area contributed by atoms with Crippen molar-refractivity contribution in [3.63, 3.8) is 0 Å². The molecule has 0 fully saturated rings. The van der Waals surface area contributed by atoms with E-state index in [0.29, 0.717) is 0 Å².